The van der Waals surface area contributed by atoms with Crippen molar-refractivity contribution >= 4 is 5.78 Å². The summed E-state index contributed by atoms with van der Waals surface area (Å²) in [5.74, 6) is 2.68. The molecule has 0 aromatic heterocycles. The number of carbonyl (C=O) groups is 1. The average Bonchev–Trinajstić information content (AvgIpc) is 3.04. The fraction of sp³-hybridized carbons (Fsp3) is 0.815. The van der Waals surface area contributed by atoms with Crippen molar-refractivity contribution in [2.24, 2.45) is 46.3 Å². The molecule has 0 amide bonds. The Morgan fingerprint density at radius 1 is 1.07 bits per heavy atom. The largest absolute Gasteiger partial charge is 0.393 e. The smallest absolute Gasteiger partial charge is 0.157 e. The van der Waals surface area contributed by atoms with Crippen LogP contribution < -0.4 is 0 Å². The minimum Gasteiger partial charge on any atom is -0.393 e. The fourth-order valence-corrected chi connectivity index (χ4v) is 8.11. The molecule has 0 heterocycles. The number of carbonyl (C=O) groups excluding carboxylic acids is 1. The van der Waals surface area contributed by atoms with Gasteiger partial charge in [0.2, 0.25) is 0 Å². The highest BCUT2D eigenvalue weighted by atomic mass is 16.3. The summed E-state index contributed by atoms with van der Waals surface area (Å²) in [7, 11) is 0. The maximum Gasteiger partial charge on any atom is 0.157 e. The molecule has 168 valence electrons. The molecule has 3 nitrogen and oxygen atoms in total. The van der Waals surface area contributed by atoms with Gasteiger partial charge in [-0.2, -0.15) is 0 Å². The van der Waals surface area contributed by atoms with Crippen molar-refractivity contribution in [1.29, 1.82) is 0 Å². The van der Waals surface area contributed by atoms with Crippen LogP contribution in [0.5, 0.6) is 0 Å². The predicted molar refractivity (Wildman–Crippen MR) is 121 cm³/mol. The highest BCUT2D eigenvalue weighted by molar-refractivity contribution is 5.91. The van der Waals surface area contributed by atoms with Crippen LogP contribution in [0.1, 0.15) is 79.6 Å². The zero-order valence-electron chi connectivity index (χ0n) is 19.6. The van der Waals surface area contributed by atoms with E-state index in [9.17, 15) is 15.0 Å². The number of rotatable bonds is 4. The van der Waals surface area contributed by atoms with E-state index in [0.29, 0.717) is 29.6 Å². The molecule has 0 aliphatic heterocycles. The second-order valence-corrected chi connectivity index (χ2v) is 11.8. The molecule has 0 saturated heterocycles. The molecule has 3 fully saturated rings. The van der Waals surface area contributed by atoms with E-state index >= 15 is 0 Å². The monoisotopic (exact) mass is 414 g/mol. The molecule has 0 aromatic rings. The van der Waals surface area contributed by atoms with E-state index in [1.165, 1.54) is 31.3 Å². The van der Waals surface area contributed by atoms with Gasteiger partial charge in [-0.15, -0.1) is 0 Å². The molecule has 2 N–H and O–H groups in total. The van der Waals surface area contributed by atoms with Gasteiger partial charge in [0.1, 0.15) is 0 Å². The summed E-state index contributed by atoms with van der Waals surface area (Å²) in [6.07, 6.45) is 13.0. The van der Waals surface area contributed by atoms with Gasteiger partial charge in [-0.25, -0.2) is 0 Å². The highest BCUT2D eigenvalue weighted by Gasteiger charge is 2.61. The summed E-state index contributed by atoms with van der Waals surface area (Å²) in [6.45, 7) is 11.1. The number of hydrogen-bond donors (Lipinski definition) is 2. The SMILES string of the molecule is CC(C)C(=O)C=CC(C)C1CCC2C3C(O)C=C4CC(O)CCC4(C)C3CCC12C. The van der Waals surface area contributed by atoms with Crippen molar-refractivity contribution in [3.8, 4) is 0 Å². The first-order valence-corrected chi connectivity index (χ1v) is 12.4. The summed E-state index contributed by atoms with van der Waals surface area (Å²) < 4.78 is 0. The molecule has 30 heavy (non-hydrogen) atoms. The van der Waals surface area contributed by atoms with Gasteiger partial charge in [-0.1, -0.05) is 52.3 Å². The topological polar surface area (TPSA) is 57.5 Å². The maximum atomic E-state index is 12.1. The summed E-state index contributed by atoms with van der Waals surface area (Å²) >= 11 is 0. The van der Waals surface area contributed by atoms with Gasteiger partial charge in [0.25, 0.3) is 0 Å². The average molecular weight is 415 g/mol. The first-order valence-electron chi connectivity index (χ1n) is 12.4. The second-order valence-electron chi connectivity index (χ2n) is 11.8. The van der Waals surface area contributed by atoms with Crippen molar-refractivity contribution in [2.45, 2.75) is 91.8 Å². The van der Waals surface area contributed by atoms with Gasteiger partial charge in [0, 0.05) is 5.92 Å². The second kappa shape index (κ2) is 7.89. The number of aliphatic hydroxyl groups is 2. The molecule has 4 aliphatic rings. The predicted octanol–water partition coefficient (Wildman–Crippen LogP) is 5.31. The summed E-state index contributed by atoms with van der Waals surface area (Å²) in [5, 5.41) is 21.5. The van der Waals surface area contributed by atoms with Crippen LogP contribution in [0.15, 0.2) is 23.8 Å². The molecule has 0 bridgehead atoms. The van der Waals surface area contributed by atoms with Gasteiger partial charge < -0.3 is 10.2 Å². The normalized spacial score (nSPS) is 46.9. The van der Waals surface area contributed by atoms with Crippen molar-refractivity contribution in [1.82, 2.24) is 0 Å². The van der Waals surface area contributed by atoms with Crippen molar-refractivity contribution in [3.63, 3.8) is 0 Å². The summed E-state index contributed by atoms with van der Waals surface area (Å²) in [4.78, 5) is 12.1. The molecule has 0 radical (unpaired) electrons. The van der Waals surface area contributed by atoms with Crippen LogP contribution in [-0.4, -0.2) is 28.2 Å². The van der Waals surface area contributed by atoms with Crippen molar-refractivity contribution in [2.75, 3.05) is 0 Å². The van der Waals surface area contributed by atoms with Crippen molar-refractivity contribution < 1.29 is 15.0 Å². The van der Waals surface area contributed by atoms with E-state index in [-0.39, 0.29) is 34.7 Å². The molecule has 4 rings (SSSR count). The zero-order valence-corrected chi connectivity index (χ0v) is 19.6. The van der Waals surface area contributed by atoms with E-state index < -0.39 is 0 Å². The minimum absolute atomic E-state index is 0.0592. The molecule has 9 unspecified atom stereocenters. The first kappa shape index (κ1) is 22.3. The fourth-order valence-electron chi connectivity index (χ4n) is 8.11. The molecule has 0 aromatic carbocycles. The Morgan fingerprint density at radius 3 is 2.50 bits per heavy atom. The summed E-state index contributed by atoms with van der Waals surface area (Å²) in [6, 6.07) is 0. The van der Waals surface area contributed by atoms with Crippen LogP contribution in [0.25, 0.3) is 0 Å². The third-order valence-corrected chi connectivity index (χ3v) is 9.94. The Hall–Kier alpha value is -0.930. The van der Waals surface area contributed by atoms with Crippen LogP contribution in [0.3, 0.4) is 0 Å². The molecule has 3 saturated carbocycles. The third-order valence-electron chi connectivity index (χ3n) is 9.94. The van der Waals surface area contributed by atoms with Crippen molar-refractivity contribution in [3.05, 3.63) is 23.8 Å². The van der Waals surface area contributed by atoms with E-state index in [1.807, 2.05) is 19.9 Å². The molecular formula is C27H42O3. The molecule has 0 spiro atoms. The third kappa shape index (κ3) is 3.45. The number of aliphatic hydroxyl groups excluding tert-OH is 2. The van der Waals surface area contributed by atoms with E-state index in [2.05, 4.69) is 32.9 Å². The van der Waals surface area contributed by atoms with E-state index in [1.54, 1.807) is 0 Å². The van der Waals surface area contributed by atoms with Crippen LogP contribution >= 0.6 is 0 Å². The van der Waals surface area contributed by atoms with E-state index in [0.717, 1.165) is 19.3 Å². The Balaban J connectivity index is 1.58. The lowest BCUT2D eigenvalue weighted by Crippen LogP contribution is -2.54. The molecule has 9 atom stereocenters. The Labute approximate surface area is 183 Å². The van der Waals surface area contributed by atoms with Gasteiger partial charge in [0.15, 0.2) is 5.78 Å². The van der Waals surface area contributed by atoms with Crippen LogP contribution in [-0.2, 0) is 4.79 Å². The molecule has 3 heteroatoms. The lowest BCUT2D eigenvalue weighted by molar-refractivity contribution is -0.117. The van der Waals surface area contributed by atoms with Gasteiger partial charge >= 0.3 is 0 Å². The standard InChI is InChI=1S/C27H42O3/c1-16(2)23(29)9-6-17(3)20-7-8-21-25-22(11-13-27(20,21)5)26(4)12-10-19(28)14-18(26)15-24(25)30/h6,9,15-17,19-22,24-25,28,30H,7-8,10-14H2,1-5H3. The zero-order chi connectivity index (χ0) is 21.8. The van der Waals surface area contributed by atoms with Gasteiger partial charge in [-0.3, -0.25) is 4.79 Å². The van der Waals surface area contributed by atoms with Gasteiger partial charge in [0.05, 0.1) is 12.2 Å². The molecular weight excluding hydrogens is 372 g/mol. The van der Waals surface area contributed by atoms with Crippen LogP contribution in [0.4, 0.5) is 0 Å². The highest BCUT2D eigenvalue weighted by Crippen LogP contribution is 2.67. The lowest BCUT2D eigenvalue weighted by atomic mass is 9.46. The maximum absolute atomic E-state index is 12.1. The Kier molecular flexibility index (Phi) is 5.85. The molecule has 4 aliphatic carbocycles. The van der Waals surface area contributed by atoms with Crippen LogP contribution in [0.2, 0.25) is 0 Å². The minimum atomic E-state index is -0.375. The quantitative estimate of drug-likeness (QED) is 0.484. The first-order chi connectivity index (χ1) is 14.1. The summed E-state index contributed by atoms with van der Waals surface area (Å²) in [5.41, 5.74) is 1.71. The number of fused-ring (bicyclic) bond motifs is 5. The number of hydrogen-bond acceptors (Lipinski definition) is 3. The number of ketones is 1. The Morgan fingerprint density at radius 2 is 1.80 bits per heavy atom. The van der Waals surface area contributed by atoms with Crippen LogP contribution in [0, 0.1) is 46.3 Å². The number of allylic oxidation sites excluding steroid dienone is 2. The lowest BCUT2D eigenvalue weighted by Gasteiger charge is -2.59. The Bertz CT molecular complexity index is 736. The van der Waals surface area contributed by atoms with Gasteiger partial charge in [-0.05, 0) is 91.4 Å². The van der Waals surface area contributed by atoms with E-state index in [4.69, 9.17) is 0 Å².